The zero-order chi connectivity index (χ0) is 15.3. The van der Waals surface area contributed by atoms with Crippen molar-refractivity contribution in [3.05, 3.63) is 29.8 Å². The van der Waals surface area contributed by atoms with Crippen molar-refractivity contribution >= 4 is 12.4 Å². The van der Waals surface area contributed by atoms with Gasteiger partial charge in [0.1, 0.15) is 5.75 Å². The quantitative estimate of drug-likeness (QED) is 0.744. The molecule has 2 atom stereocenters. The Morgan fingerprint density at radius 2 is 2.14 bits per heavy atom. The van der Waals surface area contributed by atoms with Crippen LogP contribution in [-0.2, 0) is 6.54 Å². The molecule has 2 unspecified atom stereocenters. The molecule has 8 heteroatoms. The topological polar surface area (TPSA) is 45.3 Å². The van der Waals surface area contributed by atoms with Gasteiger partial charge in [-0.25, -0.2) is 0 Å². The first-order chi connectivity index (χ1) is 9.94. The second kappa shape index (κ2) is 8.57. The minimum absolute atomic E-state index is 0. The number of hydrogen-bond acceptors (Lipinski definition) is 4. The van der Waals surface area contributed by atoms with E-state index in [0.29, 0.717) is 18.5 Å². The van der Waals surface area contributed by atoms with Gasteiger partial charge >= 0.3 is 6.18 Å². The maximum Gasteiger partial charge on any atom is 0.422 e. The van der Waals surface area contributed by atoms with Gasteiger partial charge in [0.05, 0.1) is 0 Å². The Morgan fingerprint density at radius 3 is 2.77 bits per heavy atom. The molecule has 0 radical (unpaired) electrons. The van der Waals surface area contributed by atoms with Crippen LogP contribution in [0, 0.1) is 5.92 Å². The molecule has 1 aromatic carbocycles. The first-order valence-electron chi connectivity index (χ1n) is 6.91. The molecule has 0 aliphatic carbocycles. The number of rotatable bonds is 6. The molecular weight excluding hydrogens is 319 g/mol. The van der Waals surface area contributed by atoms with Crippen molar-refractivity contribution in [2.24, 2.45) is 5.92 Å². The molecule has 4 nitrogen and oxygen atoms in total. The van der Waals surface area contributed by atoms with Gasteiger partial charge in [0, 0.05) is 31.6 Å². The summed E-state index contributed by atoms with van der Waals surface area (Å²) in [5.41, 5.74) is 7.14. The summed E-state index contributed by atoms with van der Waals surface area (Å²) < 4.78 is 41.0. The fourth-order valence-electron chi connectivity index (χ4n) is 2.21. The van der Waals surface area contributed by atoms with Crippen LogP contribution in [0.3, 0.4) is 0 Å². The summed E-state index contributed by atoms with van der Waals surface area (Å²) in [6.07, 6.45) is -4.31. The van der Waals surface area contributed by atoms with Crippen LogP contribution in [0.5, 0.6) is 5.75 Å². The lowest BCUT2D eigenvalue weighted by atomic mass is 10.0. The minimum Gasteiger partial charge on any atom is -0.484 e. The second-order valence-corrected chi connectivity index (χ2v) is 5.26. The molecule has 0 saturated carbocycles. The highest BCUT2D eigenvalue weighted by Gasteiger charge is 2.28. The predicted molar refractivity (Wildman–Crippen MR) is 81.0 cm³/mol. The van der Waals surface area contributed by atoms with E-state index < -0.39 is 12.8 Å². The van der Waals surface area contributed by atoms with Crippen LogP contribution in [0.4, 0.5) is 13.2 Å². The molecular formula is C14H21ClF3N3O. The first-order valence-corrected chi connectivity index (χ1v) is 6.91. The van der Waals surface area contributed by atoms with Crippen molar-refractivity contribution in [2.45, 2.75) is 25.7 Å². The molecule has 1 aliphatic heterocycles. The molecule has 3 N–H and O–H groups in total. The number of ether oxygens (including phenoxy) is 1. The largest absolute Gasteiger partial charge is 0.484 e. The molecule has 0 amide bonds. The monoisotopic (exact) mass is 339 g/mol. The third-order valence-corrected chi connectivity index (χ3v) is 3.44. The van der Waals surface area contributed by atoms with Gasteiger partial charge in [0.2, 0.25) is 0 Å². The molecule has 1 saturated heterocycles. The molecule has 0 aromatic heterocycles. The van der Waals surface area contributed by atoms with Gasteiger partial charge in [-0.15, -0.1) is 12.4 Å². The van der Waals surface area contributed by atoms with Crippen LogP contribution in [0.1, 0.15) is 12.5 Å². The number of nitrogens with one attached hydrogen (secondary N) is 3. The summed E-state index contributed by atoms with van der Waals surface area (Å²) in [6.45, 7) is 3.20. The second-order valence-electron chi connectivity index (χ2n) is 5.26. The lowest BCUT2D eigenvalue weighted by molar-refractivity contribution is -0.153. The molecule has 22 heavy (non-hydrogen) atoms. The first kappa shape index (κ1) is 19.0. The van der Waals surface area contributed by atoms with Gasteiger partial charge in [-0.05, 0) is 24.6 Å². The Balaban J connectivity index is 0.00000242. The van der Waals surface area contributed by atoms with Crippen molar-refractivity contribution in [1.29, 1.82) is 0 Å². The number of hydrogen-bond donors (Lipinski definition) is 3. The summed E-state index contributed by atoms with van der Waals surface area (Å²) in [7, 11) is 0. The Kier molecular flexibility index (Phi) is 7.41. The number of hydrazine groups is 1. The van der Waals surface area contributed by atoms with E-state index in [1.807, 2.05) is 6.07 Å². The number of benzene rings is 1. The van der Waals surface area contributed by atoms with Crippen LogP contribution in [0.15, 0.2) is 24.3 Å². The predicted octanol–water partition coefficient (Wildman–Crippen LogP) is 2.25. The highest BCUT2D eigenvalue weighted by Crippen LogP contribution is 2.19. The highest BCUT2D eigenvalue weighted by atomic mass is 35.5. The van der Waals surface area contributed by atoms with Gasteiger partial charge in [0.25, 0.3) is 0 Å². The van der Waals surface area contributed by atoms with Crippen molar-refractivity contribution in [1.82, 2.24) is 16.2 Å². The van der Waals surface area contributed by atoms with E-state index in [1.54, 1.807) is 12.1 Å². The van der Waals surface area contributed by atoms with Crippen LogP contribution in [0.25, 0.3) is 0 Å². The van der Waals surface area contributed by atoms with E-state index in [0.717, 1.165) is 18.7 Å². The third kappa shape index (κ3) is 6.39. The van der Waals surface area contributed by atoms with E-state index in [1.165, 1.54) is 6.07 Å². The molecule has 0 spiro atoms. The molecule has 0 bridgehead atoms. The van der Waals surface area contributed by atoms with Gasteiger partial charge < -0.3 is 10.1 Å². The van der Waals surface area contributed by atoms with Gasteiger partial charge in [0.15, 0.2) is 6.61 Å². The van der Waals surface area contributed by atoms with Gasteiger partial charge in [-0.2, -0.15) is 13.2 Å². The standard InChI is InChI=1S/C14H20F3N3O.ClH/c1-10-12(8-19-20-10)7-18-6-11-3-2-4-13(5-11)21-9-14(15,16)17;/h2-5,10,12,18-20H,6-9H2,1H3;1H. The van der Waals surface area contributed by atoms with Crippen molar-refractivity contribution in [3.8, 4) is 5.75 Å². The SMILES string of the molecule is CC1NNCC1CNCc1cccc(OCC(F)(F)F)c1.Cl. The maximum absolute atomic E-state index is 12.1. The summed E-state index contributed by atoms with van der Waals surface area (Å²) in [5, 5.41) is 3.32. The zero-order valence-corrected chi connectivity index (χ0v) is 13.1. The van der Waals surface area contributed by atoms with Crippen LogP contribution in [0.2, 0.25) is 0 Å². The fraction of sp³-hybridized carbons (Fsp3) is 0.571. The van der Waals surface area contributed by atoms with Gasteiger partial charge in [-0.3, -0.25) is 10.9 Å². The number of halogens is 4. The smallest absolute Gasteiger partial charge is 0.422 e. The molecule has 126 valence electrons. The summed E-state index contributed by atoms with van der Waals surface area (Å²) >= 11 is 0. The highest BCUT2D eigenvalue weighted by molar-refractivity contribution is 5.85. The molecule has 1 heterocycles. The zero-order valence-electron chi connectivity index (χ0n) is 12.2. The number of alkyl halides is 3. The third-order valence-electron chi connectivity index (χ3n) is 3.44. The van der Waals surface area contributed by atoms with Crippen LogP contribution >= 0.6 is 12.4 Å². The molecule has 1 fully saturated rings. The Bertz CT molecular complexity index is 459. The van der Waals surface area contributed by atoms with E-state index in [4.69, 9.17) is 4.74 Å². The Hall–Kier alpha value is -1.02. The van der Waals surface area contributed by atoms with Crippen molar-refractivity contribution < 1.29 is 17.9 Å². The fourth-order valence-corrected chi connectivity index (χ4v) is 2.21. The lowest BCUT2D eigenvalue weighted by Gasteiger charge is -2.15. The Morgan fingerprint density at radius 1 is 1.36 bits per heavy atom. The van der Waals surface area contributed by atoms with Gasteiger partial charge in [-0.1, -0.05) is 12.1 Å². The summed E-state index contributed by atoms with van der Waals surface area (Å²) in [6, 6.07) is 7.13. The Labute approximate surface area is 134 Å². The van der Waals surface area contributed by atoms with Crippen LogP contribution in [-0.4, -0.2) is 31.9 Å². The average molecular weight is 340 g/mol. The van der Waals surface area contributed by atoms with E-state index in [-0.39, 0.29) is 18.2 Å². The van der Waals surface area contributed by atoms with Crippen molar-refractivity contribution in [3.63, 3.8) is 0 Å². The van der Waals surface area contributed by atoms with E-state index >= 15 is 0 Å². The molecule has 2 rings (SSSR count). The normalized spacial score (nSPS) is 21.5. The molecule has 1 aromatic rings. The average Bonchev–Trinajstić information content (AvgIpc) is 2.82. The summed E-state index contributed by atoms with van der Waals surface area (Å²) in [4.78, 5) is 0. The lowest BCUT2D eigenvalue weighted by Crippen LogP contribution is -2.32. The molecule has 1 aliphatic rings. The van der Waals surface area contributed by atoms with Crippen molar-refractivity contribution in [2.75, 3.05) is 19.7 Å². The van der Waals surface area contributed by atoms with E-state index in [2.05, 4.69) is 23.1 Å². The maximum atomic E-state index is 12.1. The summed E-state index contributed by atoms with van der Waals surface area (Å²) in [5.74, 6) is 0.735. The van der Waals surface area contributed by atoms with E-state index in [9.17, 15) is 13.2 Å². The van der Waals surface area contributed by atoms with Crippen LogP contribution < -0.4 is 20.9 Å². The minimum atomic E-state index is -4.31.